The van der Waals surface area contributed by atoms with Crippen LogP contribution in [-0.2, 0) is 0 Å². The lowest BCUT2D eigenvalue weighted by Gasteiger charge is -2.08. The fraction of sp³-hybridized carbons (Fsp3) is 0.538. The van der Waals surface area contributed by atoms with Crippen LogP contribution in [0.25, 0.3) is 0 Å². The molecule has 0 unspecified atom stereocenters. The minimum Gasteiger partial charge on any atom is -0.494 e. The Hall–Kier alpha value is 0.460. The minimum atomic E-state index is 0.796. The van der Waals surface area contributed by atoms with Crippen molar-refractivity contribution >= 4 is 47.8 Å². The van der Waals surface area contributed by atoms with Gasteiger partial charge >= 0.3 is 0 Å². The molecular formula is C13H17Br3O. The van der Waals surface area contributed by atoms with Crippen LogP contribution in [0.2, 0.25) is 0 Å². The van der Waals surface area contributed by atoms with Crippen LogP contribution < -0.4 is 4.74 Å². The van der Waals surface area contributed by atoms with Gasteiger partial charge in [-0.15, -0.1) is 0 Å². The average molecular weight is 429 g/mol. The van der Waals surface area contributed by atoms with Crippen molar-refractivity contribution in [2.75, 3.05) is 6.61 Å². The molecule has 1 nitrogen and oxygen atoms in total. The average Bonchev–Trinajstić information content (AvgIpc) is 2.30. The lowest BCUT2D eigenvalue weighted by molar-refractivity contribution is 0.304. The molecule has 1 rings (SSSR count). The van der Waals surface area contributed by atoms with Gasteiger partial charge in [0.05, 0.1) is 6.61 Å². The highest BCUT2D eigenvalue weighted by Gasteiger charge is 2.05. The number of benzene rings is 1. The summed E-state index contributed by atoms with van der Waals surface area (Å²) in [5, 5.41) is 0. The fourth-order valence-corrected chi connectivity index (χ4v) is 2.88. The molecule has 0 atom stereocenters. The van der Waals surface area contributed by atoms with Crippen LogP contribution in [0.15, 0.2) is 25.6 Å². The standard InChI is InChI=1S/C13H17Br3O/c1-2-3-4-5-6-7-17-10-8-11(14)13(16)12(15)9-10/h8-9H,2-7H2,1H3. The number of hydrogen-bond donors (Lipinski definition) is 0. The van der Waals surface area contributed by atoms with Gasteiger partial charge in [0.1, 0.15) is 5.75 Å². The molecule has 1 aromatic rings. The van der Waals surface area contributed by atoms with Crippen molar-refractivity contribution in [2.24, 2.45) is 0 Å². The summed E-state index contributed by atoms with van der Waals surface area (Å²) >= 11 is 10.4. The third-order valence-electron chi connectivity index (χ3n) is 2.47. The summed E-state index contributed by atoms with van der Waals surface area (Å²) in [4.78, 5) is 0. The lowest BCUT2D eigenvalue weighted by Crippen LogP contribution is -1.97. The summed E-state index contributed by atoms with van der Waals surface area (Å²) in [5.41, 5.74) is 0. The van der Waals surface area contributed by atoms with Gasteiger partial charge in [0.2, 0.25) is 0 Å². The Morgan fingerprint density at radius 3 is 2.12 bits per heavy atom. The molecule has 0 saturated heterocycles. The number of unbranched alkanes of at least 4 members (excludes halogenated alkanes) is 4. The molecule has 4 heteroatoms. The molecule has 0 aliphatic rings. The topological polar surface area (TPSA) is 9.23 Å². The number of hydrogen-bond acceptors (Lipinski definition) is 1. The van der Waals surface area contributed by atoms with Gasteiger partial charge in [-0.2, -0.15) is 0 Å². The van der Waals surface area contributed by atoms with Gasteiger partial charge in [-0.25, -0.2) is 0 Å². The molecule has 0 aliphatic carbocycles. The van der Waals surface area contributed by atoms with Gasteiger partial charge in [0, 0.05) is 13.4 Å². The second kappa shape index (κ2) is 8.54. The Labute approximate surface area is 129 Å². The molecule has 17 heavy (non-hydrogen) atoms. The Balaban J connectivity index is 2.32. The summed E-state index contributed by atoms with van der Waals surface area (Å²) in [6.07, 6.45) is 6.31. The van der Waals surface area contributed by atoms with Crippen LogP contribution >= 0.6 is 47.8 Å². The second-order valence-corrected chi connectivity index (χ2v) is 6.47. The maximum absolute atomic E-state index is 5.72. The van der Waals surface area contributed by atoms with E-state index >= 15 is 0 Å². The summed E-state index contributed by atoms with van der Waals surface area (Å²) in [6.45, 7) is 3.03. The van der Waals surface area contributed by atoms with E-state index in [9.17, 15) is 0 Å². The van der Waals surface area contributed by atoms with E-state index in [2.05, 4.69) is 54.7 Å². The van der Waals surface area contributed by atoms with E-state index in [-0.39, 0.29) is 0 Å². The zero-order valence-electron chi connectivity index (χ0n) is 9.94. The number of rotatable bonds is 7. The van der Waals surface area contributed by atoms with Crippen LogP contribution in [0.4, 0.5) is 0 Å². The SMILES string of the molecule is CCCCCCCOc1cc(Br)c(Br)c(Br)c1. The summed E-state index contributed by atoms with van der Waals surface area (Å²) in [6, 6.07) is 3.97. The van der Waals surface area contributed by atoms with E-state index in [1.54, 1.807) is 0 Å². The van der Waals surface area contributed by atoms with Crippen molar-refractivity contribution in [3.8, 4) is 5.75 Å². The number of halogens is 3. The number of ether oxygens (including phenoxy) is 1. The van der Waals surface area contributed by atoms with Gasteiger partial charge in [0.15, 0.2) is 0 Å². The van der Waals surface area contributed by atoms with Crippen molar-refractivity contribution < 1.29 is 4.74 Å². The molecule has 0 radical (unpaired) electrons. The maximum atomic E-state index is 5.72. The van der Waals surface area contributed by atoms with E-state index in [1.165, 1.54) is 25.7 Å². The lowest BCUT2D eigenvalue weighted by atomic mass is 10.2. The van der Waals surface area contributed by atoms with E-state index in [4.69, 9.17) is 4.74 Å². The fourth-order valence-electron chi connectivity index (χ4n) is 1.51. The van der Waals surface area contributed by atoms with E-state index < -0.39 is 0 Å². The first-order valence-corrected chi connectivity index (χ1v) is 8.30. The quantitative estimate of drug-likeness (QED) is 0.364. The highest BCUT2D eigenvalue weighted by molar-refractivity contribution is 9.14. The van der Waals surface area contributed by atoms with Crippen molar-refractivity contribution in [2.45, 2.75) is 39.0 Å². The van der Waals surface area contributed by atoms with Gasteiger partial charge in [-0.3, -0.25) is 0 Å². The van der Waals surface area contributed by atoms with Crippen LogP contribution in [0, 0.1) is 0 Å². The molecular weight excluding hydrogens is 412 g/mol. The predicted octanol–water partition coefficient (Wildman–Crippen LogP) is 6.32. The van der Waals surface area contributed by atoms with Crippen LogP contribution in [0.3, 0.4) is 0 Å². The summed E-state index contributed by atoms with van der Waals surface area (Å²) in [7, 11) is 0. The monoisotopic (exact) mass is 426 g/mol. The predicted molar refractivity (Wildman–Crippen MR) is 83.8 cm³/mol. The van der Waals surface area contributed by atoms with Gasteiger partial charge in [-0.1, -0.05) is 32.6 Å². The summed E-state index contributed by atoms with van der Waals surface area (Å²) < 4.78 is 8.76. The second-order valence-electron chi connectivity index (χ2n) is 3.96. The smallest absolute Gasteiger partial charge is 0.121 e. The van der Waals surface area contributed by atoms with Crippen LogP contribution in [0.1, 0.15) is 39.0 Å². The van der Waals surface area contributed by atoms with Gasteiger partial charge in [-0.05, 0) is 66.3 Å². The molecule has 0 fully saturated rings. The first kappa shape index (κ1) is 15.5. The molecule has 96 valence electrons. The highest BCUT2D eigenvalue weighted by atomic mass is 79.9. The molecule has 1 aromatic carbocycles. The van der Waals surface area contributed by atoms with E-state index in [1.807, 2.05) is 12.1 Å². The van der Waals surface area contributed by atoms with Crippen molar-refractivity contribution in [1.29, 1.82) is 0 Å². The van der Waals surface area contributed by atoms with Crippen molar-refractivity contribution in [3.63, 3.8) is 0 Å². The molecule has 0 spiro atoms. The zero-order valence-corrected chi connectivity index (χ0v) is 14.7. The third-order valence-corrected chi connectivity index (χ3v) is 5.64. The maximum Gasteiger partial charge on any atom is 0.121 e. The van der Waals surface area contributed by atoms with Gasteiger partial charge in [0.25, 0.3) is 0 Å². The molecule has 0 aliphatic heterocycles. The normalized spacial score (nSPS) is 10.6. The molecule has 0 aromatic heterocycles. The van der Waals surface area contributed by atoms with Crippen molar-refractivity contribution in [3.05, 3.63) is 25.6 Å². The molecule has 0 saturated carbocycles. The molecule has 0 N–H and O–H groups in total. The Morgan fingerprint density at radius 1 is 0.941 bits per heavy atom. The van der Waals surface area contributed by atoms with Crippen molar-refractivity contribution in [1.82, 2.24) is 0 Å². The van der Waals surface area contributed by atoms with Crippen LogP contribution in [-0.4, -0.2) is 6.61 Å². The Kier molecular flexibility index (Phi) is 7.80. The summed E-state index contributed by atoms with van der Waals surface area (Å²) in [5.74, 6) is 0.905. The van der Waals surface area contributed by atoms with E-state index in [0.29, 0.717) is 0 Å². The highest BCUT2D eigenvalue weighted by Crippen LogP contribution is 2.34. The first-order valence-electron chi connectivity index (χ1n) is 5.92. The largest absolute Gasteiger partial charge is 0.494 e. The first-order chi connectivity index (χ1) is 8.15. The Morgan fingerprint density at radius 2 is 1.53 bits per heavy atom. The molecule has 0 heterocycles. The van der Waals surface area contributed by atoms with E-state index in [0.717, 1.165) is 32.2 Å². The molecule has 0 amide bonds. The third kappa shape index (κ3) is 5.75. The Bertz CT molecular complexity index is 330. The van der Waals surface area contributed by atoms with Crippen LogP contribution in [0.5, 0.6) is 5.75 Å². The van der Waals surface area contributed by atoms with Gasteiger partial charge < -0.3 is 4.74 Å². The zero-order chi connectivity index (χ0) is 12.7. The minimum absolute atomic E-state index is 0.796. The molecule has 0 bridgehead atoms.